The maximum atomic E-state index is 12.9. The van der Waals surface area contributed by atoms with Crippen molar-refractivity contribution in [2.24, 2.45) is 0 Å². The zero-order valence-corrected chi connectivity index (χ0v) is 15.3. The Balaban J connectivity index is 2.22. The number of rotatable bonds is 3. The Labute approximate surface area is 153 Å². The zero-order chi connectivity index (χ0) is 17.5. The Morgan fingerprint density at radius 3 is 2.46 bits per heavy atom. The van der Waals surface area contributed by atoms with Crippen molar-refractivity contribution in [1.82, 2.24) is 4.98 Å². The van der Waals surface area contributed by atoms with Gasteiger partial charge in [-0.15, -0.1) is 0 Å². The van der Waals surface area contributed by atoms with Crippen molar-refractivity contribution in [2.75, 3.05) is 7.11 Å². The number of hydrogen-bond donors (Lipinski definition) is 0. The van der Waals surface area contributed by atoms with Crippen molar-refractivity contribution < 1.29 is 13.2 Å². The minimum Gasteiger partial charge on any atom is -0.495 e. The Bertz CT molecular complexity index is 1050. The highest BCUT2D eigenvalue weighted by Crippen LogP contribution is 2.35. The van der Waals surface area contributed by atoms with Gasteiger partial charge in [0.1, 0.15) is 10.6 Å². The predicted octanol–water partition coefficient (Wildman–Crippen LogP) is 5.04. The van der Waals surface area contributed by atoms with Gasteiger partial charge in [0.05, 0.1) is 27.6 Å². The average molecular weight is 403 g/mol. The van der Waals surface area contributed by atoms with Crippen LogP contribution < -0.4 is 4.74 Å². The van der Waals surface area contributed by atoms with Crippen molar-refractivity contribution in [3.63, 3.8) is 0 Å². The maximum Gasteiger partial charge on any atom is 0.209 e. The van der Waals surface area contributed by atoms with Gasteiger partial charge in [0, 0.05) is 16.6 Å². The molecular formula is C16H10Cl3NO3S. The Morgan fingerprint density at radius 2 is 1.79 bits per heavy atom. The monoisotopic (exact) mass is 401 g/mol. The van der Waals surface area contributed by atoms with Crippen LogP contribution in [0.25, 0.3) is 10.9 Å². The molecule has 0 aliphatic carbocycles. The second-order valence-corrected chi connectivity index (χ2v) is 8.04. The van der Waals surface area contributed by atoms with Crippen molar-refractivity contribution in [3.05, 3.63) is 57.7 Å². The van der Waals surface area contributed by atoms with Crippen LogP contribution in [0.1, 0.15) is 0 Å². The number of ether oxygens (including phenoxy) is 1. The second-order valence-electron chi connectivity index (χ2n) is 4.90. The fourth-order valence-corrected chi connectivity index (χ4v) is 4.55. The number of benzene rings is 2. The largest absolute Gasteiger partial charge is 0.495 e. The summed E-state index contributed by atoms with van der Waals surface area (Å²) in [6.45, 7) is 0. The van der Waals surface area contributed by atoms with E-state index in [0.717, 1.165) is 0 Å². The molecule has 0 aliphatic heterocycles. The Hall–Kier alpha value is -1.53. The smallest absolute Gasteiger partial charge is 0.209 e. The number of methoxy groups -OCH3 is 1. The number of nitrogens with zero attached hydrogens (tertiary/aromatic N) is 1. The first-order valence-corrected chi connectivity index (χ1v) is 9.28. The van der Waals surface area contributed by atoms with E-state index in [1.165, 1.54) is 31.5 Å². The number of pyridine rings is 1. The van der Waals surface area contributed by atoms with E-state index in [2.05, 4.69) is 4.98 Å². The van der Waals surface area contributed by atoms with Gasteiger partial charge < -0.3 is 4.74 Å². The third kappa shape index (κ3) is 2.93. The molecule has 3 aromatic rings. The second kappa shape index (κ2) is 6.41. The highest BCUT2D eigenvalue weighted by Gasteiger charge is 2.24. The highest BCUT2D eigenvalue weighted by molar-refractivity contribution is 7.91. The van der Waals surface area contributed by atoms with Crippen LogP contribution in [0.5, 0.6) is 5.75 Å². The summed E-state index contributed by atoms with van der Waals surface area (Å²) in [7, 11) is -2.45. The molecule has 0 bridgehead atoms. The molecule has 0 saturated carbocycles. The van der Waals surface area contributed by atoms with E-state index in [4.69, 9.17) is 39.5 Å². The number of sulfone groups is 1. The number of fused-ring (bicyclic) bond motifs is 1. The molecule has 24 heavy (non-hydrogen) atoms. The molecule has 3 rings (SSSR count). The van der Waals surface area contributed by atoms with Crippen LogP contribution in [-0.4, -0.2) is 20.5 Å². The molecule has 1 heterocycles. The van der Waals surface area contributed by atoms with Gasteiger partial charge in [0.2, 0.25) is 9.84 Å². The van der Waals surface area contributed by atoms with E-state index < -0.39 is 9.84 Å². The van der Waals surface area contributed by atoms with E-state index in [0.29, 0.717) is 21.7 Å². The summed E-state index contributed by atoms with van der Waals surface area (Å²) in [6.07, 6.45) is 1.23. The Kier molecular flexibility index (Phi) is 4.62. The maximum absolute atomic E-state index is 12.9. The molecule has 8 heteroatoms. The molecule has 0 aliphatic rings. The first kappa shape index (κ1) is 17.3. The van der Waals surface area contributed by atoms with Crippen LogP contribution in [0, 0.1) is 0 Å². The van der Waals surface area contributed by atoms with Gasteiger partial charge in [-0.25, -0.2) is 8.42 Å². The van der Waals surface area contributed by atoms with Crippen molar-refractivity contribution in [3.8, 4) is 5.75 Å². The molecule has 0 amide bonds. The lowest BCUT2D eigenvalue weighted by atomic mass is 10.2. The molecule has 1 aromatic heterocycles. The van der Waals surface area contributed by atoms with Gasteiger partial charge in [0.15, 0.2) is 0 Å². The lowest BCUT2D eigenvalue weighted by Gasteiger charge is -2.10. The summed E-state index contributed by atoms with van der Waals surface area (Å²) in [5.41, 5.74) is 0.552. The molecule has 0 spiro atoms. The molecule has 0 atom stereocenters. The number of halogens is 3. The van der Waals surface area contributed by atoms with Crippen LogP contribution in [0.4, 0.5) is 0 Å². The normalized spacial score (nSPS) is 11.7. The van der Waals surface area contributed by atoms with Gasteiger partial charge >= 0.3 is 0 Å². The van der Waals surface area contributed by atoms with Crippen molar-refractivity contribution in [1.29, 1.82) is 0 Å². The molecular weight excluding hydrogens is 393 g/mol. The van der Waals surface area contributed by atoms with E-state index in [-0.39, 0.29) is 19.8 Å². The van der Waals surface area contributed by atoms with Crippen LogP contribution in [-0.2, 0) is 9.84 Å². The molecule has 0 saturated heterocycles. The highest BCUT2D eigenvalue weighted by atomic mass is 35.5. The van der Waals surface area contributed by atoms with Crippen LogP contribution in [0.15, 0.2) is 52.4 Å². The fourth-order valence-electron chi connectivity index (χ4n) is 2.24. The third-order valence-electron chi connectivity index (χ3n) is 3.46. The fraction of sp³-hybridized carbons (Fsp3) is 0.0625. The molecule has 2 aromatic carbocycles. The first-order chi connectivity index (χ1) is 11.3. The topological polar surface area (TPSA) is 56.3 Å². The minimum absolute atomic E-state index is 0.00150. The van der Waals surface area contributed by atoms with Crippen molar-refractivity contribution >= 4 is 55.5 Å². The summed E-state index contributed by atoms with van der Waals surface area (Å²) in [6, 6.07) is 9.10. The van der Waals surface area contributed by atoms with Gasteiger partial charge in [-0.2, -0.15) is 0 Å². The molecule has 124 valence electrons. The molecule has 4 nitrogen and oxygen atoms in total. The quantitative estimate of drug-likeness (QED) is 0.616. The molecule has 0 N–H and O–H groups in total. The minimum atomic E-state index is -3.90. The van der Waals surface area contributed by atoms with Gasteiger partial charge in [0.25, 0.3) is 0 Å². The van der Waals surface area contributed by atoms with Gasteiger partial charge in [-0.3, -0.25) is 4.98 Å². The lowest BCUT2D eigenvalue weighted by Crippen LogP contribution is -2.04. The summed E-state index contributed by atoms with van der Waals surface area (Å²) >= 11 is 18.3. The number of hydrogen-bond acceptors (Lipinski definition) is 4. The van der Waals surface area contributed by atoms with Gasteiger partial charge in [-0.1, -0.05) is 34.8 Å². The van der Waals surface area contributed by atoms with E-state index in [1.54, 1.807) is 18.2 Å². The van der Waals surface area contributed by atoms with E-state index in [1.807, 2.05) is 0 Å². The van der Waals surface area contributed by atoms with Crippen molar-refractivity contribution in [2.45, 2.75) is 9.79 Å². The van der Waals surface area contributed by atoms with E-state index in [9.17, 15) is 8.42 Å². The third-order valence-corrected chi connectivity index (χ3v) is 6.27. The summed E-state index contributed by atoms with van der Waals surface area (Å²) < 4.78 is 30.8. The lowest BCUT2D eigenvalue weighted by molar-refractivity contribution is 0.414. The zero-order valence-electron chi connectivity index (χ0n) is 12.3. The first-order valence-electron chi connectivity index (χ1n) is 6.67. The summed E-state index contributed by atoms with van der Waals surface area (Å²) in [5.74, 6) is 0.380. The molecule has 0 unspecified atom stereocenters. The van der Waals surface area contributed by atoms with Crippen LogP contribution in [0.2, 0.25) is 15.1 Å². The molecule has 0 radical (unpaired) electrons. The van der Waals surface area contributed by atoms with Crippen LogP contribution in [0.3, 0.4) is 0 Å². The average Bonchev–Trinajstić information content (AvgIpc) is 2.55. The standard InChI is InChI=1S/C16H10Cl3NO3S/c1-23-14-5-3-10(7-12(14)18)24(21,22)15-8-20-13-4-2-9(17)6-11(13)16(15)19/h2-8H,1H3. The summed E-state index contributed by atoms with van der Waals surface area (Å²) in [4.78, 5) is 4.04. The van der Waals surface area contributed by atoms with Gasteiger partial charge in [-0.05, 0) is 36.4 Å². The predicted molar refractivity (Wildman–Crippen MR) is 95.2 cm³/mol. The summed E-state index contributed by atoms with van der Waals surface area (Å²) in [5, 5.41) is 1.15. The van der Waals surface area contributed by atoms with Crippen LogP contribution >= 0.6 is 34.8 Å². The van der Waals surface area contributed by atoms with E-state index >= 15 is 0 Å². The Morgan fingerprint density at radius 1 is 1.04 bits per heavy atom. The number of aromatic nitrogens is 1. The SMILES string of the molecule is COc1ccc(S(=O)(=O)c2cnc3ccc(Cl)cc3c2Cl)cc1Cl. The molecule has 0 fully saturated rings.